The standard InChI is InChI=1S/C21H22N2O4/c1-4-22(5-2)20-13-17(12-15-8-6-7-9-18(15)20)27-21-14-16(26-3)10-11-19(21)23(24)25/h6-14H,4-5H2,1-3H3. The maximum absolute atomic E-state index is 11.4. The lowest BCUT2D eigenvalue weighted by Gasteiger charge is -2.24. The second kappa shape index (κ2) is 7.95. The van der Waals surface area contributed by atoms with E-state index in [1.165, 1.54) is 19.2 Å². The third-order valence-corrected chi connectivity index (χ3v) is 4.51. The average molecular weight is 366 g/mol. The van der Waals surface area contributed by atoms with Crippen LogP contribution in [0.5, 0.6) is 17.2 Å². The van der Waals surface area contributed by atoms with Crippen molar-refractivity contribution in [3.05, 3.63) is 64.7 Å². The van der Waals surface area contributed by atoms with Gasteiger partial charge in [-0.25, -0.2) is 0 Å². The summed E-state index contributed by atoms with van der Waals surface area (Å²) in [6, 6.07) is 16.3. The second-order valence-electron chi connectivity index (χ2n) is 6.03. The number of fused-ring (bicyclic) bond motifs is 1. The predicted molar refractivity (Wildman–Crippen MR) is 107 cm³/mol. The number of nitro groups is 1. The van der Waals surface area contributed by atoms with Crippen LogP contribution in [0.4, 0.5) is 11.4 Å². The molecular formula is C21H22N2O4. The number of nitro benzene ring substituents is 1. The molecule has 0 fully saturated rings. The Balaban J connectivity index is 2.12. The van der Waals surface area contributed by atoms with Gasteiger partial charge < -0.3 is 14.4 Å². The fourth-order valence-electron chi connectivity index (χ4n) is 3.13. The van der Waals surface area contributed by atoms with E-state index in [2.05, 4.69) is 24.8 Å². The fourth-order valence-corrected chi connectivity index (χ4v) is 3.13. The number of benzene rings is 3. The van der Waals surface area contributed by atoms with Gasteiger partial charge in [-0.15, -0.1) is 0 Å². The van der Waals surface area contributed by atoms with Crippen molar-refractivity contribution in [3.63, 3.8) is 0 Å². The summed E-state index contributed by atoms with van der Waals surface area (Å²) in [6.07, 6.45) is 0. The van der Waals surface area contributed by atoms with Crippen LogP contribution < -0.4 is 14.4 Å². The van der Waals surface area contributed by atoms with Crippen molar-refractivity contribution in [2.75, 3.05) is 25.1 Å². The molecular weight excluding hydrogens is 344 g/mol. The van der Waals surface area contributed by atoms with Gasteiger partial charge in [-0.05, 0) is 31.4 Å². The fraction of sp³-hybridized carbons (Fsp3) is 0.238. The van der Waals surface area contributed by atoms with Crippen LogP contribution >= 0.6 is 0 Å². The summed E-state index contributed by atoms with van der Waals surface area (Å²) in [5.41, 5.74) is 0.937. The van der Waals surface area contributed by atoms with Crippen molar-refractivity contribution < 1.29 is 14.4 Å². The molecule has 0 amide bonds. The molecule has 27 heavy (non-hydrogen) atoms. The molecule has 3 rings (SSSR count). The van der Waals surface area contributed by atoms with Gasteiger partial charge in [0.05, 0.1) is 12.0 Å². The molecule has 0 bridgehead atoms. The number of rotatable bonds is 7. The first kappa shape index (κ1) is 18.5. The number of hydrogen-bond donors (Lipinski definition) is 0. The molecule has 0 unspecified atom stereocenters. The Bertz CT molecular complexity index is 968. The third-order valence-electron chi connectivity index (χ3n) is 4.51. The highest BCUT2D eigenvalue weighted by molar-refractivity contribution is 5.95. The van der Waals surface area contributed by atoms with Crippen LogP contribution in [0, 0.1) is 10.1 Å². The van der Waals surface area contributed by atoms with Crippen molar-refractivity contribution in [2.24, 2.45) is 0 Å². The molecule has 0 N–H and O–H groups in total. The minimum Gasteiger partial charge on any atom is -0.497 e. The molecule has 6 heteroatoms. The Morgan fingerprint density at radius 2 is 1.74 bits per heavy atom. The van der Waals surface area contributed by atoms with Crippen LogP contribution in [-0.2, 0) is 0 Å². The van der Waals surface area contributed by atoms with Gasteiger partial charge in [-0.2, -0.15) is 0 Å². The van der Waals surface area contributed by atoms with E-state index in [0.717, 1.165) is 29.5 Å². The van der Waals surface area contributed by atoms with E-state index in [1.54, 1.807) is 6.07 Å². The number of methoxy groups -OCH3 is 1. The Hall–Kier alpha value is -3.28. The monoisotopic (exact) mass is 366 g/mol. The Labute approximate surface area is 158 Å². The highest BCUT2D eigenvalue weighted by Gasteiger charge is 2.18. The zero-order valence-electron chi connectivity index (χ0n) is 15.6. The third kappa shape index (κ3) is 3.79. The minimum absolute atomic E-state index is 0.103. The van der Waals surface area contributed by atoms with Gasteiger partial charge in [0.2, 0.25) is 5.75 Å². The molecule has 6 nitrogen and oxygen atoms in total. The Morgan fingerprint density at radius 3 is 2.41 bits per heavy atom. The molecule has 0 heterocycles. The number of nitrogens with zero attached hydrogens (tertiary/aromatic N) is 2. The van der Waals surface area contributed by atoms with Gasteiger partial charge in [-0.1, -0.05) is 24.3 Å². The first-order chi connectivity index (χ1) is 13.1. The van der Waals surface area contributed by atoms with Crippen LogP contribution in [0.1, 0.15) is 13.8 Å². The summed E-state index contributed by atoms with van der Waals surface area (Å²) in [5, 5.41) is 13.5. The zero-order valence-corrected chi connectivity index (χ0v) is 15.6. The molecule has 0 aliphatic heterocycles. The van der Waals surface area contributed by atoms with Crippen molar-refractivity contribution in [3.8, 4) is 17.2 Å². The molecule has 0 saturated heterocycles. The lowest BCUT2D eigenvalue weighted by Crippen LogP contribution is -2.22. The summed E-state index contributed by atoms with van der Waals surface area (Å²) >= 11 is 0. The molecule has 0 saturated carbocycles. The van der Waals surface area contributed by atoms with Gasteiger partial charge in [0.25, 0.3) is 0 Å². The van der Waals surface area contributed by atoms with Gasteiger partial charge in [0.15, 0.2) is 0 Å². The first-order valence-corrected chi connectivity index (χ1v) is 8.85. The van der Waals surface area contributed by atoms with Gasteiger partial charge in [0, 0.05) is 42.4 Å². The highest BCUT2D eigenvalue weighted by Crippen LogP contribution is 2.38. The van der Waals surface area contributed by atoms with Crippen LogP contribution in [0.2, 0.25) is 0 Å². The summed E-state index contributed by atoms with van der Waals surface area (Å²) in [5.74, 6) is 1.20. The van der Waals surface area contributed by atoms with E-state index < -0.39 is 4.92 Å². The van der Waals surface area contributed by atoms with E-state index in [0.29, 0.717) is 11.5 Å². The number of anilines is 1. The van der Waals surface area contributed by atoms with Gasteiger partial charge in [-0.3, -0.25) is 10.1 Å². The molecule has 0 spiro atoms. The largest absolute Gasteiger partial charge is 0.497 e. The van der Waals surface area contributed by atoms with Crippen molar-refractivity contribution in [2.45, 2.75) is 13.8 Å². The molecule has 0 aliphatic rings. The molecule has 0 radical (unpaired) electrons. The summed E-state index contributed by atoms with van der Waals surface area (Å²) < 4.78 is 11.1. The number of hydrogen-bond acceptors (Lipinski definition) is 5. The van der Waals surface area contributed by atoms with Crippen molar-refractivity contribution in [1.29, 1.82) is 0 Å². The summed E-state index contributed by atoms with van der Waals surface area (Å²) in [4.78, 5) is 13.1. The zero-order chi connectivity index (χ0) is 19.4. The highest BCUT2D eigenvalue weighted by atomic mass is 16.6. The maximum Gasteiger partial charge on any atom is 0.311 e. The van der Waals surface area contributed by atoms with E-state index in [1.807, 2.05) is 30.3 Å². The maximum atomic E-state index is 11.4. The van der Waals surface area contributed by atoms with E-state index >= 15 is 0 Å². The minimum atomic E-state index is -0.457. The molecule has 0 aliphatic carbocycles. The van der Waals surface area contributed by atoms with Crippen LogP contribution in [0.25, 0.3) is 10.8 Å². The second-order valence-corrected chi connectivity index (χ2v) is 6.03. The van der Waals surface area contributed by atoms with E-state index in [9.17, 15) is 10.1 Å². The molecule has 0 aromatic heterocycles. The van der Waals surface area contributed by atoms with E-state index in [-0.39, 0.29) is 11.4 Å². The molecule has 3 aromatic carbocycles. The Morgan fingerprint density at radius 1 is 1.00 bits per heavy atom. The lowest BCUT2D eigenvalue weighted by molar-refractivity contribution is -0.385. The van der Waals surface area contributed by atoms with Gasteiger partial charge in [0.1, 0.15) is 11.5 Å². The lowest BCUT2D eigenvalue weighted by atomic mass is 10.1. The summed E-state index contributed by atoms with van der Waals surface area (Å²) in [7, 11) is 1.51. The quantitative estimate of drug-likeness (QED) is 0.414. The summed E-state index contributed by atoms with van der Waals surface area (Å²) in [6.45, 7) is 5.89. The molecule has 3 aromatic rings. The topological polar surface area (TPSA) is 64.8 Å². The van der Waals surface area contributed by atoms with Gasteiger partial charge >= 0.3 is 5.69 Å². The number of ether oxygens (including phenoxy) is 2. The van der Waals surface area contributed by atoms with Crippen molar-refractivity contribution in [1.82, 2.24) is 0 Å². The Kier molecular flexibility index (Phi) is 5.45. The van der Waals surface area contributed by atoms with E-state index in [4.69, 9.17) is 9.47 Å². The van der Waals surface area contributed by atoms with Crippen LogP contribution in [0.3, 0.4) is 0 Å². The predicted octanol–water partition coefficient (Wildman–Crippen LogP) is 5.40. The normalized spacial score (nSPS) is 10.6. The first-order valence-electron chi connectivity index (χ1n) is 8.85. The van der Waals surface area contributed by atoms with Crippen molar-refractivity contribution >= 4 is 22.1 Å². The SMILES string of the molecule is CCN(CC)c1cc(Oc2cc(OC)ccc2[N+](=O)[O-])cc2ccccc12. The van der Waals surface area contributed by atoms with Crippen LogP contribution in [0.15, 0.2) is 54.6 Å². The average Bonchev–Trinajstić information content (AvgIpc) is 2.68. The van der Waals surface area contributed by atoms with Crippen LogP contribution in [-0.4, -0.2) is 25.1 Å². The molecule has 0 atom stereocenters. The molecule has 140 valence electrons. The smallest absolute Gasteiger partial charge is 0.311 e.